The predicted octanol–water partition coefficient (Wildman–Crippen LogP) is 4.13. The van der Waals surface area contributed by atoms with Gasteiger partial charge in [0.2, 0.25) is 5.91 Å². The molecule has 0 saturated carbocycles. The van der Waals surface area contributed by atoms with E-state index in [4.69, 9.17) is 22.1 Å². The summed E-state index contributed by atoms with van der Waals surface area (Å²) in [5.74, 6) is 1.13. The Hall–Kier alpha value is -3.05. The summed E-state index contributed by atoms with van der Waals surface area (Å²) < 4.78 is 5.22. The number of nitrogens with two attached hydrogens (primary N) is 1. The highest BCUT2D eigenvalue weighted by Crippen LogP contribution is 2.35. The highest BCUT2D eigenvalue weighted by molar-refractivity contribution is 6.32. The largest absolute Gasteiger partial charge is 0.495 e. The van der Waals surface area contributed by atoms with Crippen LogP contribution in [-0.2, 0) is 12.8 Å². The van der Waals surface area contributed by atoms with E-state index in [0.717, 1.165) is 47.6 Å². The zero-order chi connectivity index (χ0) is 19.7. The molecule has 0 spiro atoms. The number of primary amides is 1. The lowest BCUT2D eigenvalue weighted by Gasteiger charge is -2.19. The Kier molecular flexibility index (Phi) is 4.92. The normalized spacial score (nSPS) is 12.7. The third-order valence-electron chi connectivity index (χ3n) is 5.00. The number of nitrogens with zero attached hydrogens (tertiary/aromatic N) is 2. The first-order valence-electron chi connectivity index (χ1n) is 9.03. The number of carbonyl (C=O) groups is 1. The van der Waals surface area contributed by atoms with E-state index >= 15 is 0 Å². The Morgan fingerprint density at radius 3 is 2.79 bits per heavy atom. The molecule has 4 rings (SSSR count). The summed E-state index contributed by atoms with van der Waals surface area (Å²) in [5.41, 5.74) is 10.3. The molecule has 1 aromatic heterocycles. The molecule has 1 aliphatic heterocycles. The molecule has 0 radical (unpaired) electrons. The summed E-state index contributed by atoms with van der Waals surface area (Å²) in [6.07, 6.45) is 3.32. The van der Waals surface area contributed by atoms with Crippen LogP contribution in [0.1, 0.15) is 27.0 Å². The zero-order valence-corrected chi connectivity index (χ0v) is 16.2. The molecule has 1 aliphatic rings. The maximum atomic E-state index is 11.7. The van der Waals surface area contributed by atoms with Crippen molar-refractivity contribution in [3.8, 4) is 5.75 Å². The number of halogens is 1. The number of ether oxygens (including phenoxy) is 1. The molecule has 2 aromatic carbocycles. The average Bonchev–Trinajstić information content (AvgIpc) is 3.12. The van der Waals surface area contributed by atoms with Gasteiger partial charge in [0.25, 0.3) is 0 Å². The van der Waals surface area contributed by atoms with E-state index in [1.165, 1.54) is 0 Å². The fraction of sp³-hybridized carbons (Fsp3) is 0.182. The molecule has 0 saturated heterocycles. The number of anilines is 2. The number of methoxy groups -OCH3 is 1. The van der Waals surface area contributed by atoms with Crippen molar-refractivity contribution in [2.24, 2.45) is 5.73 Å². The number of pyridine rings is 1. The maximum absolute atomic E-state index is 11.7. The molecule has 2 N–H and O–H groups in total. The maximum Gasteiger partial charge on any atom is 0.249 e. The standard InChI is InChI=1S/C22H20ClN3O2/c1-28-20-6-5-14(12-18(20)23)11-15-7-9-25-21(13-15)26-10-8-16-17(22(24)27)3-2-4-19(16)26/h2-7,9,12-13H,8,10-11H2,1H3,(H2,24,27). The lowest BCUT2D eigenvalue weighted by atomic mass is 10.0. The van der Waals surface area contributed by atoms with Gasteiger partial charge in [-0.25, -0.2) is 4.98 Å². The van der Waals surface area contributed by atoms with Crippen molar-refractivity contribution in [3.63, 3.8) is 0 Å². The van der Waals surface area contributed by atoms with Gasteiger partial charge in [-0.05, 0) is 65.9 Å². The number of benzene rings is 2. The van der Waals surface area contributed by atoms with Gasteiger partial charge in [0.05, 0.1) is 12.1 Å². The van der Waals surface area contributed by atoms with Crippen molar-refractivity contribution in [1.29, 1.82) is 0 Å². The molecule has 0 fully saturated rings. The van der Waals surface area contributed by atoms with E-state index in [0.29, 0.717) is 16.3 Å². The molecule has 5 nitrogen and oxygen atoms in total. The van der Waals surface area contributed by atoms with Crippen LogP contribution in [0.15, 0.2) is 54.7 Å². The summed E-state index contributed by atoms with van der Waals surface area (Å²) in [6, 6.07) is 15.5. The Balaban J connectivity index is 1.62. The van der Waals surface area contributed by atoms with Crippen LogP contribution in [0.25, 0.3) is 0 Å². The van der Waals surface area contributed by atoms with Crippen LogP contribution in [0.2, 0.25) is 5.02 Å². The van der Waals surface area contributed by atoms with Gasteiger partial charge in [-0.3, -0.25) is 4.79 Å². The highest BCUT2D eigenvalue weighted by atomic mass is 35.5. The molecular weight excluding hydrogens is 374 g/mol. The fourth-order valence-corrected chi connectivity index (χ4v) is 3.96. The molecule has 3 aromatic rings. The van der Waals surface area contributed by atoms with Crippen LogP contribution in [-0.4, -0.2) is 24.5 Å². The minimum atomic E-state index is -0.392. The van der Waals surface area contributed by atoms with Crippen LogP contribution < -0.4 is 15.4 Å². The molecule has 0 atom stereocenters. The summed E-state index contributed by atoms with van der Waals surface area (Å²) in [6.45, 7) is 0.768. The van der Waals surface area contributed by atoms with Crippen molar-refractivity contribution in [1.82, 2.24) is 4.98 Å². The second-order valence-electron chi connectivity index (χ2n) is 6.74. The SMILES string of the molecule is COc1ccc(Cc2ccnc(N3CCc4c(C(N)=O)cccc43)c2)cc1Cl. The van der Waals surface area contributed by atoms with Crippen molar-refractivity contribution < 1.29 is 9.53 Å². The van der Waals surface area contributed by atoms with Crippen molar-refractivity contribution in [3.05, 3.63) is 82.0 Å². The van der Waals surface area contributed by atoms with E-state index in [-0.39, 0.29) is 0 Å². The number of carbonyl (C=O) groups excluding carboxylic acids is 1. The second kappa shape index (κ2) is 7.52. The predicted molar refractivity (Wildman–Crippen MR) is 111 cm³/mol. The first-order chi connectivity index (χ1) is 13.6. The summed E-state index contributed by atoms with van der Waals surface area (Å²) in [5, 5.41) is 0.599. The molecule has 142 valence electrons. The van der Waals surface area contributed by atoms with Gasteiger partial charge in [0.1, 0.15) is 11.6 Å². The van der Waals surface area contributed by atoms with Gasteiger partial charge in [-0.2, -0.15) is 0 Å². The third-order valence-corrected chi connectivity index (χ3v) is 5.30. The van der Waals surface area contributed by atoms with Crippen molar-refractivity contribution in [2.75, 3.05) is 18.6 Å². The second-order valence-corrected chi connectivity index (χ2v) is 7.14. The number of aromatic nitrogens is 1. The number of hydrogen-bond donors (Lipinski definition) is 1. The van der Waals surface area contributed by atoms with Gasteiger partial charge in [-0.1, -0.05) is 23.7 Å². The lowest BCUT2D eigenvalue weighted by molar-refractivity contribution is 0.0999. The van der Waals surface area contributed by atoms with Crippen LogP contribution in [0.3, 0.4) is 0 Å². The van der Waals surface area contributed by atoms with E-state index in [1.54, 1.807) is 13.2 Å². The minimum absolute atomic E-state index is 0.392. The molecule has 1 amide bonds. The van der Waals surface area contributed by atoms with Gasteiger partial charge in [0, 0.05) is 24.0 Å². The van der Waals surface area contributed by atoms with Gasteiger partial charge < -0.3 is 15.4 Å². The third kappa shape index (κ3) is 3.41. The van der Waals surface area contributed by atoms with Crippen molar-refractivity contribution >= 4 is 29.0 Å². The van der Waals surface area contributed by atoms with Gasteiger partial charge in [0.15, 0.2) is 0 Å². The molecule has 0 aliphatic carbocycles. The first-order valence-corrected chi connectivity index (χ1v) is 9.41. The molecule has 2 heterocycles. The summed E-state index contributed by atoms with van der Waals surface area (Å²) >= 11 is 6.24. The number of hydrogen-bond acceptors (Lipinski definition) is 4. The van der Waals surface area contributed by atoms with Crippen LogP contribution >= 0.6 is 11.6 Å². The van der Waals surface area contributed by atoms with Gasteiger partial charge in [-0.15, -0.1) is 0 Å². The monoisotopic (exact) mass is 393 g/mol. The number of rotatable bonds is 5. The lowest BCUT2D eigenvalue weighted by Crippen LogP contribution is -2.15. The molecule has 28 heavy (non-hydrogen) atoms. The van der Waals surface area contributed by atoms with Gasteiger partial charge >= 0.3 is 0 Å². The van der Waals surface area contributed by atoms with E-state index in [2.05, 4.69) is 16.0 Å². The Morgan fingerprint density at radius 1 is 1.21 bits per heavy atom. The van der Waals surface area contributed by atoms with Crippen molar-refractivity contribution in [2.45, 2.75) is 12.8 Å². The fourth-order valence-electron chi connectivity index (χ4n) is 3.68. The highest BCUT2D eigenvalue weighted by Gasteiger charge is 2.25. The topological polar surface area (TPSA) is 68.4 Å². The minimum Gasteiger partial charge on any atom is -0.495 e. The molecule has 0 unspecified atom stereocenters. The Labute approximate surface area is 168 Å². The number of amides is 1. The molecular formula is C22H20ClN3O2. The average molecular weight is 394 g/mol. The van der Waals surface area contributed by atoms with Crippen LogP contribution in [0.5, 0.6) is 5.75 Å². The Morgan fingerprint density at radius 2 is 2.04 bits per heavy atom. The van der Waals surface area contributed by atoms with E-state index in [9.17, 15) is 4.79 Å². The van der Waals surface area contributed by atoms with E-state index in [1.807, 2.05) is 42.6 Å². The quantitative estimate of drug-likeness (QED) is 0.707. The van der Waals surface area contributed by atoms with E-state index < -0.39 is 5.91 Å². The Bertz CT molecular complexity index is 1050. The molecule has 0 bridgehead atoms. The zero-order valence-electron chi connectivity index (χ0n) is 15.5. The summed E-state index contributed by atoms with van der Waals surface area (Å²) in [7, 11) is 1.60. The van der Waals surface area contributed by atoms with Crippen LogP contribution in [0, 0.1) is 0 Å². The number of fused-ring (bicyclic) bond motifs is 1. The van der Waals surface area contributed by atoms with Crippen LogP contribution in [0.4, 0.5) is 11.5 Å². The first kappa shape index (κ1) is 18.3. The molecule has 6 heteroatoms. The smallest absolute Gasteiger partial charge is 0.249 e. The summed E-state index contributed by atoms with van der Waals surface area (Å²) in [4.78, 5) is 18.4.